The van der Waals surface area contributed by atoms with Gasteiger partial charge in [-0.3, -0.25) is 19.3 Å². The van der Waals surface area contributed by atoms with Gasteiger partial charge in [0.15, 0.2) is 5.65 Å². The van der Waals surface area contributed by atoms with Crippen LogP contribution in [0, 0.1) is 5.92 Å². The average molecular weight is 541 g/mol. The second kappa shape index (κ2) is 11.1. The number of rotatable bonds is 8. The number of piperidine rings is 3. The smallest absolute Gasteiger partial charge is 0.280 e. The summed E-state index contributed by atoms with van der Waals surface area (Å²) in [6.45, 7) is 5.38. The van der Waals surface area contributed by atoms with Gasteiger partial charge < -0.3 is 14.6 Å². The number of benzene rings is 2. The van der Waals surface area contributed by atoms with E-state index in [1.807, 2.05) is 48.5 Å². The number of amides is 1. The van der Waals surface area contributed by atoms with Crippen LogP contribution in [0.3, 0.4) is 0 Å². The van der Waals surface area contributed by atoms with Gasteiger partial charge in [-0.2, -0.15) is 4.98 Å². The summed E-state index contributed by atoms with van der Waals surface area (Å²) < 4.78 is 8.11. The number of nitrogens with one attached hydrogen (secondary N) is 2. The predicted octanol–water partition coefficient (Wildman–Crippen LogP) is 3.85. The molecule has 0 aliphatic carbocycles. The minimum Gasteiger partial charge on any atom is -0.489 e. The van der Waals surface area contributed by atoms with Crippen molar-refractivity contribution in [2.24, 2.45) is 5.92 Å². The van der Waals surface area contributed by atoms with Gasteiger partial charge in [0.1, 0.15) is 17.4 Å². The van der Waals surface area contributed by atoms with Crippen LogP contribution >= 0.6 is 0 Å². The van der Waals surface area contributed by atoms with Crippen LogP contribution in [-0.4, -0.2) is 58.2 Å². The van der Waals surface area contributed by atoms with E-state index in [4.69, 9.17) is 14.6 Å². The Hall–Kier alpha value is -4.28. The van der Waals surface area contributed by atoms with Crippen molar-refractivity contribution in [3.63, 3.8) is 0 Å². The summed E-state index contributed by atoms with van der Waals surface area (Å²) in [6, 6.07) is 15.7. The van der Waals surface area contributed by atoms with Gasteiger partial charge in [0.2, 0.25) is 11.4 Å². The largest absolute Gasteiger partial charge is 0.489 e. The first-order valence-electron chi connectivity index (χ1n) is 13.6. The number of carbonyl (C=O) groups excluding carboxylic acids is 1. The molecule has 2 aromatic heterocycles. The molecular weight excluding hydrogens is 508 g/mol. The molecule has 3 saturated heterocycles. The first-order chi connectivity index (χ1) is 19.5. The van der Waals surface area contributed by atoms with Crippen molar-refractivity contribution >= 4 is 28.6 Å². The van der Waals surface area contributed by atoms with Crippen LogP contribution in [0.1, 0.15) is 35.7 Å². The average Bonchev–Trinajstić information content (AvgIpc) is 2.98. The Balaban J connectivity index is 1.34. The maximum absolute atomic E-state index is 13.2. The molecule has 206 valence electrons. The zero-order valence-corrected chi connectivity index (χ0v) is 22.6. The predicted molar refractivity (Wildman–Crippen MR) is 152 cm³/mol. The van der Waals surface area contributed by atoms with E-state index in [0.29, 0.717) is 17.5 Å². The number of nitrogens with zero attached hydrogens (tertiary/aromatic N) is 4. The molecular formula is C30H32N6O4. The summed E-state index contributed by atoms with van der Waals surface area (Å²) in [5.74, 6) is 1.07. The van der Waals surface area contributed by atoms with Gasteiger partial charge in [0, 0.05) is 36.4 Å². The number of hydroxylamine groups is 1. The monoisotopic (exact) mass is 540 g/mol. The molecule has 1 unspecified atom stereocenters. The molecule has 10 nitrogen and oxygen atoms in total. The minimum atomic E-state index is -0.643. The first-order valence-corrected chi connectivity index (χ1v) is 13.6. The van der Waals surface area contributed by atoms with Gasteiger partial charge in [-0.1, -0.05) is 25.1 Å². The van der Waals surface area contributed by atoms with Crippen molar-refractivity contribution in [1.29, 1.82) is 0 Å². The molecule has 7 rings (SSSR count). The molecule has 3 fully saturated rings. The van der Waals surface area contributed by atoms with E-state index >= 15 is 0 Å². The first kappa shape index (κ1) is 26.0. The summed E-state index contributed by atoms with van der Waals surface area (Å²) in [5, 5.41) is 3.47. The van der Waals surface area contributed by atoms with E-state index < -0.39 is 11.3 Å². The number of ether oxygens (including phenoxy) is 1. The number of aryl methyl sites for hydroxylation is 1. The van der Waals surface area contributed by atoms with E-state index in [2.05, 4.69) is 27.6 Å². The Kier molecular flexibility index (Phi) is 7.19. The van der Waals surface area contributed by atoms with Crippen LogP contribution in [0.15, 0.2) is 65.7 Å². The van der Waals surface area contributed by atoms with Gasteiger partial charge >= 0.3 is 0 Å². The van der Waals surface area contributed by atoms with Crippen molar-refractivity contribution in [3.05, 3.63) is 82.3 Å². The second-order valence-corrected chi connectivity index (χ2v) is 10.3. The van der Waals surface area contributed by atoms with Gasteiger partial charge in [-0.05, 0) is 68.1 Å². The third kappa shape index (κ3) is 5.15. The number of anilines is 2. The molecule has 0 spiro atoms. The maximum atomic E-state index is 13.2. The van der Waals surface area contributed by atoms with Crippen LogP contribution in [0.4, 0.5) is 11.6 Å². The molecule has 3 aliphatic heterocycles. The highest BCUT2D eigenvalue weighted by molar-refractivity contribution is 5.96. The standard InChI is InChI=1S/C30H32N6O4/c1-3-19-7-9-22(10-8-19)36-17-25(29(38)34-39-2)27(37)24-16-31-30(33-28(24)36)32-21-5-4-6-23(15-21)40-26-18-35-13-11-20(26)12-14-35/h4-10,15-17,20,26H,3,11-14,18H2,1-2H3,(H,34,38)(H,31,32,33). The number of hydrogen-bond donors (Lipinski definition) is 2. The van der Waals surface area contributed by atoms with E-state index in [-0.39, 0.29) is 17.1 Å². The number of fused-ring (bicyclic) bond motifs is 4. The van der Waals surface area contributed by atoms with Crippen molar-refractivity contribution in [2.45, 2.75) is 32.3 Å². The minimum absolute atomic E-state index is 0.0733. The van der Waals surface area contributed by atoms with E-state index in [1.54, 1.807) is 4.57 Å². The molecule has 5 heterocycles. The third-order valence-electron chi connectivity index (χ3n) is 7.78. The Labute approximate surface area is 231 Å². The Morgan fingerprint density at radius 3 is 2.62 bits per heavy atom. The topological polar surface area (TPSA) is 111 Å². The second-order valence-electron chi connectivity index (χ2n) is 10.3. The summed E-state index contributed by atoms with van der Waals surface area (Å²) >= 11 is 0. The Morgan fingerprint density at radius 1 is 1.12 bits per heavy atom. The lowest BCUT2D eigenvalue weighted by Crippen LogP contribution is -2.52. The molecule has 2 bridgehead atoms. The molecule has 40 heavy (non-hydrogen) atoms. The highest BCUT2D eigenvalue weighted by Crippen LogP contribution is 2.31. The summed E-state index contributed by atoms with van der Waals surface area (Å²) in [7, 11) is 1.32. The van der Waals surface area contributed by atoms with E-state index in [1.165, 1.54) is 37.9 Å². The third-order valence-corrected chi connectivity index (χ3v) is 7.78. The van der Waals surface area contributed by atoms with Crippen LogP contribution in [0.2, 0.25) is 0 Å². The maximum Gasteiger partial charge on any atom is 0.280 e. The zero-order chi connectivity index (χ0) is 27.6. The number of carbonyl (C=O) groups is 1. The van der Waals surface area contributed by atoms with E-state index in [0.717, 1.165) is 43.2 Å². The molecule has 4 aromatic rings. The Morgan fingerprint density at radius 2 is 1.93 bits per heavy atom. The molecule has 1 amide bonds. The van der Waals surface area contributed by atoms with Crippen molar-refractivity contribution < 1.29 is 14.4 Å². The molecule has 2 N–H and O–H groups in total. The van der Waals surface area contributed by atoms with Crippen LogP contribution in [0.5, 0.6) is 5.75 Å². The normalized spacial score (nSPS) is 19.9. The number of hydrogen-bond acceptors (Lipinski definition) is 8. The molecule has 0 saturated carbocycles. The zero-order valence-electron chi connectivity index (χ0n) is 22.6. The molecule has 2 aromatic carbocycles. The molecule has 3 aliphatic rings. The van der Waals surface area contributed by atoms with Crippen LogP contribution in [-0.2, 0) is 11.3 Å². The summed E-state index contributed by atoms with van der Waals surface area (Å²) in [4.78, 5) is 42.2. The van der Waals surface area contributed by atoms with Gasteiger partial charge in [-0.15, -0.1) is 0 Å². The number of aromatic nitrogens is 3. The molecule has 1 atom stereocenters. The van der Waals surface area contributed by atoms with Gasteiger partial charge in [0.05, 0.1) is 12.5 Å². The fraction of sp³-hybridized carbons (Fsp3) is 0.333. The quantitative estimate of drug-likeness (QED) is 0.324. The fourth-order valence-corrected chi connectivity index (χ4v) is 5.56. The Bertz CT molecular complexity index is 1590. The van der Waals surface area contributed by atoms with Crippen LogP contribution in [0.25, 0.3) is 16.7 Å². The lowest BCUT2D eigenvalue weighted by atomic mass is 9.86. The molecule has 0 radical (unpaired) electrons. The van der Waals surface area contributed by atoms with Gasteiger partial charge in [0.25, 0.3) is 5.91 Å². The fourth-order valence-electron chi connectivity index (χ4n) is 5.56. The lowest BCUT2D eigenvalue weighted by Gasteiger charge is -2.44. The molecule has 10 heteroatoms. The van der Waals surface area contributed by atoms with E-state index in [9.17, 15) is 9.59 Å². The highest BCUT2D eigenvalue weighted by Gasteiger charge is 2.35. The van der Waals surface area contributed by atoms with Crippen LogP contribution < -0.4 is 21.0 Å². The van der Waals surface area contributed by atoms with Crippen molar-refractivity contribution in [1.82, 2.24) is 24.9 Å². The summed E-state index contributed by atoms with van der Waals surface area (Å²) in [5.41, 5.74) is 4.75. The number of pyridine rings is 1. The summed E-state index contributed by atoms with van der Waals surface area (Å²) in [6.07, 6.45) is 6.40. The lowest BCUT2D eigenvalue weighted by molar-refractivity contribution is -0.00772. The van der Waals surface area contributed by atoms with Crippen molar-refractivity contribution in [3.8, 4) is 11.4 Å². The van der Waals surface area contributed by atoms with Gasteiger partial charge in [-0.25, -0.2) is 10.5 Å². The van der Waals surface area contributed by atoms with Crippen molar-refractivity contribution in [2.75, 3.05) is 32.1 Å². The SMILES string of the molecule is CCc1ccc(-n2cc(C(=O)NOC)c(=O)c3cnc(Nc4cccc(OC5CN6CCC5CC6)c4)nc32)cc1. The highest BCUT2D eigenvalue weighted by atomic mass is 16.6.